The van der Waals surface area contributed by atoms with Crippen molar-refractivity contribution in [1.82, 2.24) is 4.98 Å². The lowest BCUT2D eigenvalue weighted by Gasteiger charge is -2.08. The molecular weight excluding hydrogens is 401 g/mol. The SMILES string of the molecule is O=C(c1cccc(F)c1)c1c(O)[nH]c2cc(Cl)c(-c3ccc4ccccc4c3)cc12. The van der Waals surface area contributed by atoms with Crippen molar-refractivity contribution in [3.8, 4) is 17.0 Å². The Balaban J connectivity index is 1.70. The summed E-state index contributed by atoms with van der Waals surface area (Å²) in [5.41, 5.74) is 2.41. The Morgan fingerprint density at radius 2 is 1.70 bits per heavy atom. The Hall–Kier alpha value is -3.63. The first-order chi connectivity index (χ1) is 14.5. The highest BCUT2D eigenvalue weighted by Crippen LogP contribution is 2.38. The number of aromatic nitrogens is 1. The van der Waals surface area contributed by atoms with Gasteiger partial charge in [-0.15, -0.1) is 0 Å². The molecule has 5 rings (SSSR count). The molecule has 0 fully saturated rings. The van der Waals surface area contributed by atoms with Gasteiger partial charge in [-0.1, -0.05) is 60.1 Å². The predicted octanol–water partition coefficient (Wildman–Crippen LogP) is 6.72. The smallest absolute Gasteiger partial charge is 0.200 e. The first kappa shape index (κ1) is 18.4. The largest absolute Gasteiger partial charge is 0.494 e. The highest BCUT2D eigenvalue weighted by Gasteiger charge is 2.22. The van der Waals surface area contributed by atoms with Crippen LogP contribution in [0.3, 0.4) is 0 Å². The minimum absolute atomic E-state index is 0.0919. The summed E-state index contributed by atoms with van der Waals surface area (Å²) in [5, 5.41) is 13.6. The van der Waals surface area contributed by atoms with Gasteiger partial charge in [-0.25, -0.2) is 4.39 Å². The lowest BCUT2D eigenvalue weighted by Crippen LogP contribution is -2.01. The van der Waals surface area contributed by atoms with E-state index >= 15 is 0 Å². The summed E-state index contributed by atoms with van der Waals surface area (Å²) in [6, 6.07) is 22.9. The summed E-state index contributed by atoms with van der Waals surface area (Å²) >= 11 is 6.53. The number of carbonyl (C=O) groups excluding carboxylic acids is 1. The van der Waals surface area contributed by atoms with E-state index in [0.717, 1.165) is 28.0 Å². The highest BCUT2D eigenvalue weighted by atomic mass is 35.5. The average molecular weight is 416 g/mol. The molecule has 0 spiro atoms. The molecule has 0 aliphatic heterocycles. The molecule has 0 aliphatic carbocycles. The van der Waals surface area contributed by atoms with Crippen LogP contribution in [-0.2, 0) is 0 Å². The Bertz CT molecular complexity index is 1450. The molecule has 0 unspecified atom stereocenters. The second kappa shape index (κ2) is 7.01. The number of nitrogens with one attached hydrogen (secondary N) is 1. The number of aromatic amines is 1. The number of halogens is 2. The maximum absolute atomic E-state index is 13.6. The summed E-state index contributed by atoms with van der Waals surface area (Å²) in [5.74, 6) is -1.25. The first-order valence-corrected chi connectivity index (χ1v) is 9.73. The maximum Gasteiger partial charge on any atom is 0.200 e. The molecule has 5 aromatic rings. The molecule has 0 amide bonds. The molecular formula is C25H15ClFNO2. The molecule has 5 heteroatoms. The van der Waals surface area contributed by atoms with Gasteiger partial charge in [-0.3, -0.25) is 4.79 Å². The number of aromatic hydroxyl groups is 1. The second-order valence-corrected chi connectivity index (χ2v) is 7.53. The van der Waals surface area contributed by atoms with E-state index in [1.807, 2.05) is 42.5 Å². The third kappa shape index (κ3) is 3.02. The Labute approximate surface area is 176 Å². The van der Waals surface area contributed by atoms with E-state index in [-0.39, 0.29) is 17.0 Å². The van der Waals surface area contributed by atoms with Crippen molar-refractivity contribution < 1.29 is 14.3 Å². The van der Waals surface area contributed by atoms with E-state index in [0.29, 0.717) is 15.9 Å². The van der Waals surface area contributed by atoms with Crippen LogP contribution in [0, 0.1) is 5.82 Å². The minimum atomic E-state index is -0.514. The third-order valence-corrected chi connectivity index (χ3v) is 5.55. The van der Waals surface area contributed by atoms with Gasteiger partial charge in [-0.2, -0.15) is 0 Å². The Kier molecular flexibility index (Phi) is 4.30. The molecule has 4 aromatic carbocycles. The van der Waals surface area contributed by atoms with Crippen molar-refractivity contribution >= 4 is 39.1 Å². The number of carbonyl (C=O) groups is 1. The molecule has 1 aromatic heterocycles. The number of rotatable bonds is 3. The monoisotopic (exact) mass is 415 g/mol. The van der Waals surface area contributed by atoms with Gasteiger partial charge in [0.05, 0.1) is 16.1 Å². The average Bonchev–Trinajstić information content (AvgIpc) is 3.06. The predicted molar refractivity (Wildman–Crippen MR) is 118 cm³/mol. The molecule has 3 nitrogen and oxygen atoms in total. The van der Waals surface area contributed by atoms with Crippen molar-refractivity contribution in [3.05, 3.63) is 101 Å². The van der Waals surface area contributed by atoms with E-state index in [4.69, 9.17) is 11.6 Å². The van der Waals surface area contributed by atoms with Gasteiger partial charge in [0.1, 0.15) is 5.82 Å². The molecule has 0 saturated heterocycles. The Morgan fingerprint density at radius 3 is 2.50 bits per heavy atom. The zero-order valence-corrected chi connectivity index (χ0v) is 16.4. The van der Waals surface area contributed by atoms with Crippen LogP contribution in [0.4, 0.5) is 4.39 Å². The number of fused-ring (bicyclic) bond motifs is 2. The summed E-state index contributed by atoms with van der Waals surface area (Å²) in [4.78, 5) is 15.8. The fourth-order valence-electron chi connectivity index (χ4n) is 3.78. The van der Waals surface area contributed by atoms with Crippen LogP contribution in [-0.4, -0.2) is 15.9 Å². The van der Waals surface area contributed by atoms with Gasteiger partial charge in [0.2, 0.25) is 5.88 Å². The Morgan fingerprint density at radius 1 is 0.900 bits per heavy atom. The summed E-state index contributed by atoms with van der Waals surface area (Å²) < 4.78 is 13.6. The molecule has 0 saturated carbocycles. The van der Waals surface area contributed by atoms with Gasteiger partial charge in [0, 0.05) is 16.5 Å². The van der Waals surface area contributed by atoms with Gasteiger partial charge < -0.3 is 10.1 Å². The lowest BCUT2D eigenvalue weighted by atomic mass is 9.97. The number of hydrogen-bond acceptors (Lipinski definition) is 2. The molecule has 146 valence electrons. The van der Waals surface area contributed by atoms with Gasteiger partial charge in [0.25, 0.3) is 0 Å². The summed E-state index contributed by atoms with van der Waals surface area (Å²) in [6.07, 6.45) is 0. The second-order valence-electron chi connectivity index (χ2n) is 7.13. The van der Waals surface area contributed by atoms with Crippen molar-refractivity contribution in [1.29, 1.82) is 0 Å². The minimum Gasteiger partial charge on any atom is -0.494 e. The van der Waals surface area contributed by atoms with Crippen LogP contribution in [0.1, 0.15) is 15.9 Å². The van der Waals surface area contributed by atoms with E-state index in [2.05, 4.69) is 4.98 Å². The summed E-state index contributed by atoms with van der Waals surface area (Å²) in [7, 11) is 0. The van der Waals surface area contributed by atoms with Crippen LogP contribution in [0.15, 0.2) is 78.9 Å². The van der Waals surface area contributed by atoms with E-state index in [9.17, 15) is 14.3 Å². The van der Waals surface area contributed by atoms with Crippen LogP contribution in [0.25, 0.3) is 32.8 Å². The normalized spacial score (nSPS) is 11.3. The fraction of sp³-hybridized carbons (Fsp3) is 0. The van der Waals surface area contributed by atoms with Crippen molar-refractivity contribution in [2.45, 2.75) is 0 Å². The summed E-state index contributed by atoms with van der Waals surface area (Å²) in [6.45, 7) is 0. The maximum atomic E-state index is 13.6. The molecule has 30 heavy (non-hydrogen) atoms. The molecule has 2 N–H and O–H groups in total. The van der Waals surface area contributed by atoms with Crippen molar-refractivity contribution in [2.24, 2.45) is 0 Å². The zero-order chi connectivity index (χ0) is 20.8. The standard InChI is InChI=1S/C25H15ClFNO2/c26-21-13-22-20(12-19(21)16-9-8-14-4-1-2-5-15(14)10-16)23(25(30)28-22)24(29)17-6-3-7-18(27)11-17/h1-13,28,30H. The topological polar surface area (TPSA) is 53.1 Å². The van der Waals surface area contributed by atoms with Crippen molar-refractivity contribution in [2.75, 3.05) is 0 Å². The van der Waals surface area contributed by atoms with Crippen LogP contribution < -0.4 is 0 Å². The van der Waals surface area contributed by atoms with Crippen molar-refractivity contribution in [3.63, 3.8) is 0 Å². The first-order valence-electron chi connectivity index (χ1n) is 9.35. The van der Waals surface area contributed by atoms with Gasteiger partial charge in [-0.05, 0) is 46.7 Å². The van der Waals surface area contributed by atoms with Gasteiger partial charge >= 0.3 is 0 Å². The quantitative estimate of drug-likeness (QED) is 0.321. The van der Waals surface area contributed by atoms with Crippen LogP contribution in [0.5, 0.6) is 5.88 Å². The number of H-pyrrole nitrogens is 1. The van der Waals surface area contributed by atoms with E-state index in [1.165, 1.54) is 18.2 Å². The molecule has 0 atom stereocenters. The highest BCUT2D eigenvalue weighted by molar-refractivity contribution is 6.34. The molecule has 0 aliphatic rings. The third-order valence-electron chi connectivity index (χ3n) is 5.24. The van der Waals surface area contributed by atoms with E-state index in [1.54, 1.807) is 12.1 Å². The number of ketones is 1. The fourth-order valence-corrected chi connectivity index (χ4v) is 4.06. The molecule has 1 heterocycles. The van der Waals surface area contributed by atoms with Crippen LogP contribution in [0.2, 0.25) is 5.02 Å². The number of hydrogen-bond donors (Lipinski definition) is 2. The van der Waals surface area contributed by atoms with E-state index < -0.39 is 11.6 Å². The van der Waals surface area contributed by atoms with Gasteiger partial charge in [0.15, 0.2) is 5.78 Å². The number of benzene rings is 4. The zero-order valence-electron chi connectivity index (χ0n) is 15.6. The molecule has 0 radical (unpaired) electrons. The molecule has 0 bridgehead atoms. The van der Waals surface area contributed by atoms with Crippen LogP contribution >= 0.6 is 11.6 Å². The lowest BCUT2D eigenvalue weighted by molar-refractivity contribution is 0.103.